The fourth-order valence-corrected chi connectivity index (χ4v) is 4.80. The number of H-pyrrole nitrogens is 1. The summed E-state index contributed by atoms with van der Waals surface area (Å²) >= 11 is 3.46. The predicted molar refractivity (Wildman–Crippen MR) is 120 cm³/mol. The SMILES string of the molecule is COc1nc(NS(=O)(=O)c2c[nH]c3c(-c4cnccn4)c(Br)ccc23)nc(OC)c1OC(F)F. The van der Waals surface area contributed by atoms with E-state index in [4.69, 9.17) is 9.47 Å². The third-order valence-corrected chi connectivity index (χ3v) is 6.53. The highest BCUT2D eigenvalue weighted by Gasteiger charge is 2.26. The molecule has 4 aromatic rings. The standard InChI is InChI=1S/C19H15BrF2N6O5S/c1-31-16-15(33-18(21)22)17(32-2)27-19(26-16)28-34(29,30)12-8-25-14-9(12)3-4-10(20)13(14)11-7-23-5-6-24-11/h3-8,18,25H,1-2H3,(H,26,27,28). The van der Waals surface area contributed by atoms with Gasteiger partial charge in [0.05, 0.1) is 31.6 Å². The number of nitrogens with one attached hydrogen (secondary N) is 2. The average molecular weight is 557 g/mol. The van der Waals surface area contributed by atoms with Crippen molar-refractivity contribution in [1.29, 1.82) is 0 Å². The Kier molecular flexibility index (Phi) is 6.47. The Morgan fingerprint density at radius 2 is 1.82 bits per heavy atom. The number of anilines is 1. The van der Waals surface area contributed by atoms with Crippen LogP contribution in [0.25, 0.3) is 22.2 Å². The van der Waals surface area contributed by atoms with Gasteiger partial charge in [0.25, 0.3) is 21.8 Å². The molecule has 0 amide bonds. The van der Waals surface area contributed by atoms with E-state index in [1.54, 1.807) is 18.3 Å². The van der Waals surface area contributed by atoms with Crippen LogP contribution in [-0.2, 0) is 10.0 Å². The predicted octanol–water partition coefficient (Wildman–Crippen LogP) is 3.60. The minimum atomic E-state index is -4.25. The van der Waals surface area contributed by atoms with Crippen molar-refractivity contribution in [2.75, 3.05) is 18.9 Å². The third kappa shape index (κ3) is 4.43. The van der Waals surface area contributed by atoms with Crippen molar-refractivity contribution in [2.24, 2.45) is 0 Å². The molecule has 0 spiro atoms. The van der Waals surface area contributed by atoms with E-state index in [0.717, 1.165) is 14.2 Å². The number of benzene rings is 1. The van der Waals surface area contributed by atoms with Gasteiger partial charge in [-0.25, -0.2) is 13.1 Å². The van der Waals surface area contributed by atoms with Crippen molar-refractivity contribution >= 4 is 42.8 Å². The van der Waals surface area contributed by atoms with Crippen molar-refractivity contribution in [3.8, 4) is 28.8 Å². The van der Waals surface area contributed by atoms with E-state index < -0.39 is 40.1 Å². The van der Waals surface area contributed by atoms with Crippen LogP contribution in [0.1, 0.15) is 0 Å². The van der Waals surface area contributed by atoms with E-state index in [-0.39, 0.29) is 4.90 Å². The summed E-state index contributed by atoms with van der Waals surface area (Å²) in [6, 6.07) is 3.28. The molecule has 1 aromatic carbocycles. The first-order chi connectivity index (χ1) is 16.2. The Hall–Kier alpha value is -3.59. The maximum atomic E-state index is 13.2. The second-order valence-electron chi connectivity index (χ2n) is 6.47. The van der Waals surface area contributed by atoms with Crippen molar-refractivity contribution in [3.05, 3.63) is 41.4 Å². The summed E-state index contributed by atoms with van der Waals surface area (Å²) < 4.78 is 68.9. The molecule has 4 rings (SSSR count). The minimum absolute atomic E-state index is 0.116. The largest absolute Gasteiger partial charge is 0.478 e. The number of hydrogen-bond donors (Lipinski definition) is 2. The molecule has 0 aliphatic heterocycles. The lowest BCUT2D eigenvalue weighted by Gasteiger charge is -2.14. The van der Waals surface area contributed by atoms with Crippen LogP contribution in [0, 0.1) is 0 Å². The second kappa shape index (κ2) is 9.34. The molecule has 0 fully saturated rings. The molecule has 34 heavy (non-hydrogen) atoms. The van der Waals surface area contributed by atoms with Crippen LogP contribution in [-0.4, -0.2) is 54.2 Å². The minimum Gasteiger partial charge on any atom is -0.478 e. The van der Waals surface area contributed by atoms with Gasteiger partial charge in [-0.05, 0) is 6.07 Å². The van der Waals surface area contributed by atoms with Gasteiger partial charge < -0.3 is 19.2 Å². The molecule has 0 aliphatic carbocycles. The van der Waals surface area contributed by atoms with Gasteiger partial charge in [-0.15, -0.1) is 0 Å². The summed E-state index contributed by atoms with van der Waals surface area (Å²) in [5.41, 5.74) is 1.62. The summed E-state index contributed by atoms with van der Waals surface area (Å²) in [5.74, 6) is -1.94. The van der Waals surface area contributed by atoms with Crippen LogP contribution in [0.2, 0.25) is 0 Å². The number of alkyl halides is 2. The molecule has 0 atom stereocenters. The van der Waals surface area contributed by atoms with E-state index in [1.807, 2.05) is 0 Å². The average Bonchev–Trinajstić information content (AvgIpc) is 3.24. The van der Waals surface area contributed by atoms with Crippen molar-refractivity contribution < 1.29 is 31.4 Å². The number of ether oxygens (including phenoxy) is 3. The third-order valence-electron chi connectivity index (χ3n) is 4.50. The van der Waals surface area contributed by atoms with Crippen LogP contribution in [0.5, 0.6) is 17.5 Å². The second-order valence-corrected chi connectivity index (χ2v) is 8.97. The fourth-order valence-electron chi connectivity index (χ4n) is 3.15. The lowest BCUT2D eigenvalue weighted by molar-refractivity contribution is -0.0533. The highest BCUT2D eigenvalue weighted by molar-refractivity contribution is 9.10. The maximum absolute atomic E-state index is 13.2. The summed E-state index contributed by atoms with van der Waals surface area (Å²) in [4.78, 5) is 18.8. The van der Waals surface area contributed by atoms with E-state index in [2.05, 4.69) is 50.3 Å². The van der Waals surface area contributed by atoms with Gasteiger partial charge in [0, 0.05) is 34.0 Å². The molecule has 178 valence electrons. The zero-order valence-corrected chi connectivity index (χ0v) is 19.8. The van der Waals surface area contributed by atoms with Gasteiger partial charge >= 0.3 is 6.61 Å². The quantitative estimate of drug-likeness (QED) is 0.333. The molecular weight excluding hydrogens is 542 g/mol. The van der Waals surface area contributed by atoms with Crippen LogP contribution >= 0.6 is 15.9 Å². The smallest absolute Gasteiger partial charge is 0.387 e. The molecule has 11 nitrogen and oxygen atoms in total. The lowest BCUT2D eigenvalue weighted by Crippen LogP contribution is -2.16. The molecule has 0 unspecified atom stereocenters. The Morgan fingerprint density at radius 3 is 2.41 bits per heavy atom. The topological polar surface area (TPSA) is 141 Å². The van der Waals surface area contributed by atoms with Gasteiger partial charge in [-0.1, -0.05) is 22.0 Å². The number of halogens is 3. The van der Waals surface area contributed by atoms with Crippen LogP contribution in [0.15, 0.2) is 46.3 Å². The fraction of sp³-hybridized carbons (Fsp3) is 0.158. The summed E-state index contributed by atoms with van der Waals surface area (Å²) in [5, 5.41) is 0.355. The summed E-state index contributed by atoms with van der Waals surface area (Å²) in [6.07, 6.45) is 5.87. The Labute approximate surface area is 199 Å². The van der Waals surface area contributed by atoms with E-state index >= 15 is 0 Å². The van der Waals surface area contributed by atoms with Gasteiger partial charge in [-0.2, -0.15) is 18.7 Å². The number of rotatable bonds is 8. The molecular formula is C19H15BrF2N6O5S. The lowest BCUT2D eigenvalue weighted by atomic mass is 10.1. The van der Waals surface area contributed by atoms with Crippen LogP contribution in [0.3, 0.4) is 0 Å². The first kappa shape index (κ1) is 23.6. The molecule has 0 saturated carbocycles. The normalized spacial score (nSPS) is 11.6. The van der Waals surface area contributed by atoms with Crippen LogP contribution < -0.4 is 18.9 Å². The zero-order chi connectivity index (χ0) is 24.5. The Balaban J connectivity index is 1.77. The Morgan fingerprint density at radius 1 is 1.12 bits per heavy atom. The highest BCUT2D eigenvalue weighted by Crippen LogP contribution is 2.38. The maximum Gasteiger partial charge on any atom is 0.387 e. The van der Waals surface area contributed by atoms with E-state index in [0.29, 0.717) is 26.6 Å². The van der Waals surface area contributed by atoms with Crippen molar-refractivity contribution in [1.82, 2.24) is 24.9 Å². The monoisotopic (exact) mass is 556 g/mol. The molecule has 0 bridgehead atoms. The number of hydrogen-bond acceptors (Lipinski definition) is 9. The van der Waals surface area contributed by atoms with Gasteiger partial charge in [0.1, 0.15) is 4.90 Å². The van der Waals surface area contributed by atoms with Gasteiger partial charge in [0.15, 0.2) is 0 Å². The number of aromatic nitrogens is 5. The zero-order valence-electron chi connectivity index (χ0n) is 17.4. The molecule has 3 aromatic heterocycles. The molecule has 3 heterocycles. The van der Waals surface area contributed by atoms with Gasteiger partial charge in [0.2, 0.25) is 11.7 Å². The first-order valence-corrected chi connectivity index (χ1v) is 11.6. The summed E-state index contributed by atoms with van der Waals surface area (Å²) in [6.45, 7) is -3.21. The molecule has 2 N–H and O–H groups in total. The molecule has 0 aliphatic rings. The Bertz CT molecular complexity index is 1430. The number of aromatic amines is 1. The van der Waals surface area contributed by atoms with Crippen molar-refractivity contribution in [2.45, 2.75) is 11.5 Å². The molecule has 0 radical (unpaired) electrons. The van der Waals surface area contributed by atoms with E-state index in [1.165, 1.54) is 18.6 Å². The number of sulfonamides is 1. The number of methoxy groups -OCH3 is 2. The number of fused-ring (bicyclic) bond motifs is 1. The molecule has 15 heteroatoms. The van der Waals surface area contributed by atoms with Gasteiger partial charge in [-0.3, -0.25) is 9.97 Å². The van der Waals surface area contributed by atoms with E-state index in [9.17, 15) is 17.2 Å². The van der Waals surface area contributed by atoms with Crippen molar-refractivity contribution in [3.63, 3.8) is 0 Å². The molecule has 0 saturated heterocycles. The first-order valence-electron chi connectivity index (χ1n) is 9.28. The van der Waals surface area contributed by atoms with Crippen LogP contribution in [0.4, 0.5) is 14.7 Å². The highest BCUT2D eigenvalue weighted by atomic mass is 79.9. The summed E-state index contributed by atoms with van der Waals surface area (Å²) in [7, 11) is -1.97. The number of nitrogens with zero attached hydrogens (tertiary/aromatic N) is 4.